The molecule has 0 bridgehead atoms. The molecule has 0 fully saturated rings. The second kappa shape index (κ2) is 14.9. The number of rotatable bonds is 4. The van der Waals surface area contributed by atoms with Crippen molar-refractivity contribution in [1.82, 2.24) is 4.57 Å². The summed E-state index contributed by atoms with van der Waals surface area (Å²) in [5, 5.41) is 12.0. The van der Waals surface area contributed by atoms with E-state index in [0.29, 0.717) is 0 Å². The summed E-state index contributed by atoms with van der Waals surface area (Å²) in [7, 11) is 0.815. The van der Waals surface area contributed by atoms with Gasteiger partial charge < -0.3 is 9.88 Å². The van der Waals surface area contributed by atoms with Crippen molar-refractivity contribution in [3.63, 3.8) is 0 Å². The van der Waals surface area contributed by atoms with Crippen LogP contribution in [-0.4, -0.2) is 11.8 Å². The molecule has 11 aromatic rings. The van der Waals surface area contributed by atoms with Gasteiger partial charge in [-0.3, -0.25) is 0 Å². The molecule has 3 aliphatic rings. The molecule has 340 valence electrons. The summed E-state index contributed by atoms with van der Waals surface area (Å²) in [6.07, 6.45) is 4.68. The van der Waals surface area contributed by atoms with Crippen molar-refractivity contribution in [3.05, 3.63) is 180 Å². The van der Waals surface area contributed by atoms with Crippen LogP contribution < -0.4 is 16.2 Å². The number of allylic oxidation sites excluding steroid dienone is 2. The number of benzene rings is 8. The Balaban J connectivity index is 1.04. The van der Waals surface area contributed by atoms with Crippen LogP contribution in [-0.2, 0) is 16.2 Å². The molecule has 3 aromatic heterocycles. The van der Waals surface area contributed by atoms with E-state index in [1.165, 1.54) is 140 Å². The number of nitrogens with zero attached hydrogens (tertiary/aromatic N) is 1. The molecule has 14 rings (SSSR count). The lowest BCUT2D eigenvalue weighted by Crippen LogP contribution is -2.37. The summed E-state index contributed by atoms with van der Waals surface area (Å²) >= 11 is 5.72. The zero-order chi connectivity index (χ0) is 47.6. The van der Waals surface area contributed by atoms with Gasteiger partial charge in [-0.05, 0) is 140 Å². The second-order valence-corrected chi connectivity index (χ2v) is 25.8. The average Bonchev–Trinajstić information content (AvgIpc) is 4.00. The number of anilines is 2. The molecule has 70 heavy (non-hydrogen) atoms. The van der Waals surface area contributed by atoms with Crippen molar-refractivity contribution in [3.8, 4) is 16.8 Å². The zero-order valence-electron chi connectivity index (χ0n) is 40.9. The van der Waals surface area contributed by atoms with Crippen molar-refractivity contribution in [2.24, 2.45) is 0 Å². The first-order chi connectivity index (χ1) is 33.7. The third kappa shape index (κ3) is 6.38. The molecule has 0 unspecified atom stereocenters. The van der Waals surface area contributed by atoms with Gasteiger partial charge in [-0.2, -0.15) is 0 Å². The Bertz CT molecular complexity index is 4130. The SMILES string of the molecule is C=C1C=C(c2ccccc2)Sc2cc3c(cc21)Bc1c(-c2cc4c(cc2Nc2ccc(C(C)(C)C)cc2)sc2cc5c(cc24)C(C)(C)CCC5(C)C)ccc2c4cc5sc6ccccc6c5cc4n-3c12. The van der Waals surface area contributed by atoms with Gasteiger partial charge in [0.1, 0.15) is 0 Å². The Morgan fingerprint density at radius 3 is 2.07 bits per heavy atom. The van der Waals surface area contributed by atoms with Crippen LogP contribution in [0.4, 0.5) is 11.4 Å². The summed E-state index contributed by atoms with van der Waals surface area (Å²) in [5.41, 5.74) is 19.5. The van der Waals surface area contributed by atoms with E-state index in [-0.39, 0.29) is 16.2 Å². The summed E-state index contributed by atoms with van der Waals surface area (Å²) in [4.78, 5) is 2.50. The lowest BCUT2D eigenvalue weighted by Gasteiger charge is -2.41. The number of hydrogen-bond acceptors (Lipinski definition) is 4. The number of aromatic nitrogens is 1. The van der Waals surface area contributed by atoms with Crippen LogP contribution in [0.1, 0.15) is 89.1 Å². The molecule has 1 aliphatic carbocycles. The van der Waals surface area contributed by atoms with Gasteiger partial charge in [0.15, 0.2) is 7.28 Å². The molecule has 0 atom stereocenters. The minimum Gasteiger partial charge on any atom is -0.355 e. The van der Waals surface area contributed by atoms with Crippen LogP contribution in [0.15, 0.2) is 157 Å². The Labute approximate surface area is 423 Å². The highest BCUT2D eigenvalue weighted by atomic mass is 32.2. The molecule has 0 spiro atoms. The fourth-order valence-electron chi connectivity index (χ4n) is 12.1. The number of thioether (sulfide) groups is 1. The quantitative estimate of drug-likeness (QED) is 0.177. The van der Waals surface area contributed by atoms with Crippen LogP contribution in [0.3, 0.4) is 0 Å². The molecule has 0 amide bonds. The minimum absolute atomic E-state index is 0.0712. The van der Waals surface area contributed by atoms with Gasteiger partial charge in [0, 0.05) is 89.1 Å². The third-order valence-corrected chi connectivity index (χ3v) is 19.5. The van der Waals surface area contributed by atoms with Crippen molar-refractivity contribution in [1.29, 1.82) is 0 Å². The zero-order valence-corrected chi connectivity index (χ0v) is 43.3. The smallest absolute Gasteiger partial charge is 0.198 e. The van der Waals surface area contributed by atoms with E-state index in [4.69, 9.17) is 0 Å². The molecule has 1 N–H and O–H groups in total. The highest BCUT2D eigenvalue weighted by Crippen LogP contribution is 2.51. The third-order valence-electron chi connectivity index (χ3n) is 16.2. The van der Waals surface area contributed by atoms with Crippen LogP contribution in [0.2, 0.25) is 0 Å². The predicted molar refractivity (Wildman–Crippen MR) is 311 cm³/mol. The van der Waals surface area contributed by atoms with Crippen LogP contribution in [0, 0.1) is 0 Å². The van der Waals surface area contributed by atoms with E-state index < -0.39 is 0 Å². The predicted octanol–water partition coefficient (Wildman–Crippen LogP) is 17.4. The maximum absolute atomic E-state index is 4.69. The first kappa shape index (κ1) is 42.6. The molecule has 5 heterocycles. The Morgan fingerprint density at radius 1 is 0.600 bits per heavy atom. The van der Waals surface area contributed by atoms with Crippen molar-refractivity contribution in [2.45, 2.75) is 82.4 Å². The highest BCUT2D eigenvalue weighted by Gasteiger charge is 2.38. The summed E-state index contributed by atoms with van der Waals surface area (Å²) < 4.78 is 7.99. The van der Waals surface area contributed by atoms with Gasteiger partial charge >= 0.3 is 0 Å². The maximum Gasteiger partial charge on any atom is 0.198 e. The summed E-state index contributed by atoms with van der Waals surface area (Å²) in [6, 6.07) is 53.7. The van der Waals surface area contributed by atoms with Gasteiger partial charge in [-0.15, -0.1) is 22.7 Å². The first-order valence-electron chi connectivity index (χ1n) is 24.8. The van der Waals surface area contributed by atoms with Gasteiger partial charge in [-0.1, -0.05) is 151 Å². The van der Waals surface area contributed by atoms with E-state index in [2.05, 4.69) is 211 Å². The van der Waals surface area contributed by atoms with Crippen LogP contribution >= 0.6 is 34.4 Å². The maximum atomic E-state index is 4.69. The van der Waals surface area contributed by atoms with E-state index in [1.54, 1.807) is 0 Å². The molecule has 2 nitrogen and oxygen atoms in total. The highest BCUT2D eigenvalue weighted by molar-refractivity contribution is 8.08. The monoisotopic (exact) mass is 956 g/mol. The van der Waals surface area contributed by atoms with Crippen molar-refractivity contribution in [2.75, 3.05) is 5.32 Å². The van der Waals surface area contributed by atoms with Gasteiger partial charge in [0.05, 0.1) is 5.52 Å². The molecule has 0 radical (unpaired) electrons. The average molecular weight is 957 g/mol. The fourth-order valence-corrected chi connectivity index (χ4v) is 15.5. The first-order valence-corrected chi connectivity index (χ1v) is 27.3. The molecule has 0 saturated heterocycles. The van der Waals surface area contributed by atoms with E-state index in [1.807, 2.05) is 34.4 Å². The number of thiophene rings is 2. The Morgan fingerprint density at radius 2 is 1.29 bits per heavy atom. The van der Waals surface area contributed by atoms with Gasteiger partial charge in [0.25, 0.3) is 0 Å². The molecule has 8 aromatic carbocycles. The molecule has 0 saturated carbocycles. The van der Waals surface area contributed by atoms with E-state index >= 15 is 0 Å². The second-order valence-electron chi connectivity index (χ2n) is 22.6. The molecule has 6 heteroatoms. The number of hydrogen-bond donors (Lipinski definition) is 1. The van der Waals surface area contributed by atoms with Crippen LogP contribution in [0.25, 0.3) is 89.4 Å². The minimum atomic E-state index is 0.0712. The van der Waals surface area contributed by atoms with E-state index in [0.717, 1.165) is 24.2 Å². The van der Waals surface area contributed by atoms with Gasteiger partial charge in [-0.25, -0.2) is 0 Å². The Kier molecular flexibility index (Phi) is 9.04. The molecular weight excluding hydrogens is 904 g/mol. The summed E-state index contributed by atoms with van der Waals surface area (Å²) in [6.45, 7) is 21.3. The fraction of sp³-hybridized carbons (Fsp3) is 0.188. The largest absolute Gasteiger partial charge is 0.355 e. The number of fused-ring (bicyclic) bond motifs is 13. The van der Waals surface area contributed by atoms with Gasteiger partial charge in [0.2, 0.25) is 0 Å². The topological polar surface area (TPSA) is 17.0 Å². The van der Waals surface area contributed by atoms with Crippen molar-refractivity contribution >= 4 is 137 Å². The molecule has 2 aliphatic heterocycles. The van der Waals surface area contributed by atoms with Crippen molar-refractivity contribution < 1.29 is 0 Å². The number of nitrogens with one attached hydrogen (secondary N) is 1. The van der Waals surface area contributed by atoms with Crippen LogP contribution in [0.5, 0.6) is 0 Å². The lowest BCUT2D eigenvalue weighted by molar-refractivity contribution is 0.332. The normalized spacial score (nSPS) is 15.9. The standard InChI is InChI=1S/C64H53BN2S3/c1-35-26-55(36-14-10-9-11-15-36)69-59-34-53-50(29-42(35)59)65-60-40(22-23-41-44-31-56-47(30-52(44)67(53)61(41)60)39-16-12-13-17-54(39)68-56)43-27-45-46-28-48-49(64(7,8)25-24-63(48,5)6)32-57(46)70-58(45)33-51(43)66-38-20-18-37(19-21-38)62(2,3)4/h9-23,26-34,65-66H,1,24-25H2,2-8H3. The summed E-state index contributed by atoms with van der Waals surface area (Å²) in [5.74, 6) is 0. The Hall–Kier alpha value is -6.31. The molecular formula is C64H53BN2S3. The lowest BCUT2D eigenvalue weighted by atomic mass is 9.58. The van der Waals surface area contributed by atoms with E-state index in [9.17, 15) is 0 Å².